The molecule has 4 rings (SSSR count). The minimum atomic E-state index is -0.172. The first-order valence-corrected chi connectivity index (χ1v) is 10.2. The summed E-state index contributed by atoms with van der Waals surface area (Å²) in [6, 6.07) is 20.0. The van der Waals surface area contributed by atoms with Gasteiger partial charge in [-0.25, -0.2) is 9.97 Å². The van der Waals surface area contributed by atoms with Crippen molar-refractivity contribution >= 4 is 11.6 Å². The summed E-state index contributed by atoms with van der Waals surface area (Å²) in [6.45, 7) is 4.88. The molecule has 148 valence electrons. The Labute approximate surface area is 171 Å². The molecule has 1 atom stereocenters. The molecule has 5 heteroatoms. The van der Waals surface area contributed by atoms with Crippen LogP contribution in [0.2, 0.25) is 0 Å². The normalized spacial score (nSPS) is 17.1. The summed E-state index contributed by atoms with van der Waals surface area (Å²) in [5.41, 5.74) is 3.35. The standard InChI is InChI=1S/C24H26N4O/c1-18-22(24(29)27-21-12-6-3-7-13-21)15-25-23(26-18)20-11-8-14-28(17-20)16-19-9-4-2-5-10-19/h2-7,9-10,12-13,15,20H,8,11,14,16-17H2,1H3,(H,27,29)/t20-/m1/s1. The summed E-state index contributed by atoms with van der Waals surface area (Å²) in [7, 11) is 0. The summed E-state index contributed by atoms with van der Waals surface area (Å²) in [5, 5.41) is 2.91. The van der Waals surface area contributed by atoms with Gasteiger partial charge in [0.15, 0.2) is 0 Å². The Balaban J connectivity index is 1.43. The van der Waals surface area contributed by atoms with E-state index >= 15 is 0 Å². The van der Waals surface area contributed by atoms with Crippen molar-refractivity contribution in [2.45, 2.75) is 32.2 Å². The number of benzene rings is 2. The second kappa shape index (κ2) is 8.97. The van der Waals surface area contributed by atoms with Crippen LogP contribution < -0.4 is 5.32 Å². The van der Waals surface area contributed by atoms with Crippen molar-refractivity contribution in [1.29, 1.82) is 0 Å². The number of likely N-dealkylation sites (tertiary alicyclic amines) is 1. The fraction of sp³-hybridized carbons (Fsp3) is 0.292. The minimum Gasteiger partial charge on any atom is -0.322 e. The van der Waals surface area contributed by atoms with E-state index in [0.29, 0.717) is 11.5 Å². The highest BCUT2D eigenvalue weighted by Crippen LogP contribution is 2.26. The number of para-hydroxylation sites is 1. The summed E-state index contributed by atoms with van der Waals surface area (Å²) in [6.07, 6.45) is 3.89. The lowest BCUT2D eigenvalue weighted by Crippen LogP contribution is -2.34. The molecule has 1 N–H and O–H groups in total. The number of hydrogen-bond acceptors (Lipinski definition) is 4. The van der Waals surface area contributed by atoms with Crippen LogP contribution in [-0.4, -0.2) is 33.9 Å². The third kappa shape index (κ3) is 4.87. The quantitative estimate of drug-likeness (QED) is 0.705. The molecule has 0 unspecified atom stereocenters. The van der Waals surface area contributed by atoms with E-state index in [0.717, 1.165) is 49.7 Å². The van der Waals surface area contributed by atoms with Crippen LogP contribution in [0, 0.1) is 6.92 Å². The van der Waals surface area contributed by atoms with Crippen molar-refractivity contribution < 1.29 is 4.79 Å². The van der Waals surface area contributed by atoms with Gasteiger partial charge in [0.05, 0.1) is 11.3 Å². The van der Waals surface area contributed by atoms with Crippen molar-refractivity contribution in [3.63, 3.8) is 0 Å². The molecule has 1 saturated heterocycles. The lowest BCUT2D eigenvalue weighted by Gasteiger charge is -2.32. The number of hydrogen-bond donors (Lipinski definition) is 1. The van der Waals surface area contributed by atoms with Gasteiger partial charge < -0.3 is 5.32 Å². The number of piperidine rings is 1. The monoisotopic (exact) mass is 386 g/mol. The molecule has 3 aromatic rings. The number of anilines is 1. The second-order valence-electron chi connectivity index (χ2n) is 7.61. The van der Waals surface area contributed by atoms with Gasteiger partial charge >= 0.3 is 0 Å². The van der Waals surface area contributed by atoms with Crippen LogP contribution in [-0.2, 0) is 6.54 Å². The van der Waals surface area contributed by atoms with E-state index in [4.69, 9.17) is 4.98 Å². The number of carbonyl (C=O) groups is 1. The first-order valence-electron chi connectivity index (χ1n) is 10.2. The predicted molar refractivity (Wildman–Crippen MR) is 115 cm³/mol. The highest BCUT2D eigenvalue weighted by Gasteiger charge is 2.24. The van der Waals surface area contributed by atoms with Crippen molar-refractivity contribution in [3.05, 3.63) is 89.5 Å². The minimum absolute atomic E-state index is 0.172. The van der Waals surface area contributed by atoms with Gasteiger partial charge in [-0.1, -0.05) is 48.5 Å². The van der Waals surface area contributed by atoms with Crippen LogP contribution >= 0.6 is 0 Å². The SMILES string of the molecule is Cc1nc([C@@H]2CCCN(Cc3ccccc3)C2)ncc1C(=O)Nc1ccccc1. The van der Waals surface area contributed by atoms with Crippen LogP contribution in [0.1, 0.15) is 46.2 Å². The summed E-state index contributed by atoms with van der Waals surface area (Å²) >= 11 is 0. The Hall–Kier alpha value is -3.05. The molecule has 1 fully saturated rings. The van der Waals surface area contributed by atoms with E-state index in [1.807, 2.05) is 37.3 Å². The van der Waals surface area contributed by atoms with Crippen LogP contribution in [0.25, 0.3) is 0 Å². The van der Waals surface area contributed by atoms with Crippen molar-refractivity contribution in [1.82, 2.24) is 14.9 Å². The highest BCUT2D eigenvalue weighted by molar-refractivity contribution is 6.04. The van der Waals surface area contributed by atoms with Crippen LogP contribution in [0.3, 0.4) is 0 Å². The summed E-state index contributed by atoms with van der Waals surface area (Å²) < 4.78 is 0. The number of amides is 1. The maximum Gasteiger partial charge on any atom is 0.259 e. The highest BCUT2D eigenvalue weighted by atomic mass is 16.1. The molecule has 1 aromatic heterocycles. The summed E-state index contributed by atoms with van der Waals surface area (Å²) in [5.74, 6) is 0.975. The molecule has 2 aromatic carbocycles. The third-order valence-electron chi connectivity index (χ3n) is 5.39. The first kappa shape index (κ1) is 19.3. The zero-order chi connectivity index (χ0) is 20.1. The molecule has 1 aliphatic rings. The van der Waals surface area contributed by atoms with E-state index in [2.05, 4.69) is 45.5 Å². The Kier molecular flexibility index (Phi) is 5.96. The van der Waals surface area contributed by atoms with Crippen molar-refractivity contribution in [2.24, 2.45) is 0 Å². The van der Waals surface area contributed by atoms with E-state index in [-0.39, 0.29) is 5.91 Å². The van der Waals surface area contributed by atoms with Crippen molar-refractivity contribution in [2.75, 3.05) is 18.4 Å². The molecule has 0 spiro atoms. The fourth-order valence-corrected chi connectivity index (χ4v) is 3.88. The molecule has 29 heavy (non-hydrogen) atoms. The van der Waals surface area contributed by atoms with E-state index in [1.165, 1.54) is 5.56 Å². The molecule has 5 nitrogen and oxygen atoms in total. The number of nitrogens with one attached hydrogen (secondary N) is 1. The maximum absolute atomic E-state index is 12.6. The third-order valence-corrected chi connectivity index (χ3v) is 5.39. The lowest BCUT2D eigenvalue weighted by molar-refractivity contribution is 0.102. The zero-order valence-corrected chi connectivity index (χ0v) is 16.7. The zero-order valence-electron chi connectivity index (χ0n) is 16.7. The maximum atomic E-state index is 12.6. The largest absolute Gasteiger partial charge is 0.322 e. The van der Waals surface area contributed by atoms with E-state index in [1.54, 1.807) is 6.20 Å². The number of aromatic nitrogens is 2. The van der Waals surface area contributed by atoms with E-state index < -0.39 is 0 Å². The second-order valence-corrected chi connectivity index (χ2v) is 7.61. The molecule has 0 bridgehead atoms. The number of carbonyl (C=O) groups excluding carboxylic acids is 1. The number of rotatable bonds is 5. The predicted octanol–water partition coefficient (Wildman–Crippen LogP) is 4.42. The van der Waals surface area contributed by atoms with Gasteiger partial charge in [-0.05, 0) is 44.0 Å². The van der Waals surface area contributed by atoms with Gasteiger partial charge in [0.2, 0.25) is 0 Å². The van der Waals surface area contributed by atoms with Gasteiger partial charge in [0.25, 0.3) is 5.91 Å². The lowest BCUT2D eigenvalue weighted by atomic mass is 9.96. The smallest absolute Gasteiger partial charge is 0.259 e. The molecular weight excluding hydrogens is 360 g/mol. The van der Waals surface area contributed by atoms with Crippen LogP contribution in [0.15, 0.2) is 66.9 Å². The van der Waals surface area contributed by atoms with Gasteiger partial charge in [0, 0.05) is 30.9 Å². The van der Waals surface area contributed by atoms with Gasteiger partial charge in [0.1, 0.15) is 5.82 Å². The topological polar surface area (TPSA) is 58.1 Å². The Morgan fingerprint density at radius 1 is 1.10 bits per heavy atom. The number of aryl methyl sites for hydroxylation is 1. The Morgan fingerprint density at radius 3 is 2.55 bits per heavy atom. The van der Waals surface area contributed by atoms with Gasteiger partial charge in [-0.3, -0.25) is 9.69 Å². The molecule has 1 aliphatic heterocycles. The van der Waals surface area contributed by atoms with Gasteiger partial charge in [-0.2, -0.15) is 0 Å². The molecule has 0 aliphatic carbocycles. The average molecular weight is 386 g/mol. The fourth-order valence-electron chi connectivity index (χ4n) is 3.88. The van der Waals surface area contributed by atoms with Crippen molar-refractivity contribution in [3.8, 4) is 0 Å². The first-order chi connectivity index (χ1) is 14.2. The number of nitrogens with zero attached hydrogens (tertiary/aromatic N) is 3. The van der Waals surface area contributed by atoms with E-state index in [9.17, 15) is 4.79 Å². The Bertz CT molecular complexity index is 959. The Morgan fingerprint density at radius 2 is 1.83 bits per heavy atom. The van der Waals surface area contributed by atoms with Crippen LogP contribution in [0.4, 0.5) is 5.69 Å². The average Bonchev–Trinajstić information content (AvgIpc) is 2.75. The van der Waals surface area contributed by atoms with Gasteiger partial charge in [-0.15, -0.1) is 0 Å². The molecule has 1 amide bonds. The molecular formula is C24H26N4O. The summed E-state index contributed by atoms with van der Waals surface area (Å²) in [4.78, 5) is 24.3. The van der Waals surface area contributed by atoms with Crippen LogP contribution in [0.5, 0.6) is 0 Å². The molecule has 2 heterocycles. The molecule has 0 saturated carbocycles. The molecule has 0 radical (unpaired) electrons.